The van der Waals surface area contributed by atoms with Gasteiger partial charge in [-0.25, -0.2) is 0 Å². The molecule has 88 valence electrons. The second-order valence-electron chi connectivity index (χ2n) is 4.93. The third-order valence-electron chi connectivity index (χ3n) is 3.10. The largest absolute Gasteiger partial charge is 0.489 e. The second-order valence-corrected chi connectivity index (χ2v) is 4.93. The minimum absolute atomic E-state index is 0.347. The Hall–Kier alpha value is -1.02. The third kappa shape index (κ3) is 2.56. The van der Waals surface area contributed by atoms with Crippen LogP contribution < -0.4 is 10.1 Å². The highest BCUT2D eigenvalue weighted by Gasteiger charge is 2.18. The summed E-state index contributed by atoms with van der Waals surface area (Å²) in [6.45, 7) is 8.59. The van der Waals surface area contributed by atoms with Gasteiger partial charge in [-0.2, -0.15) is 0 Å². The summed E-state index contributed by atoms with van der Waals surface area (Å²) in [7, 11) is 0. The second kappa shape index (κ2) is 4.88. The maximum atomic E-state index is 6.09. The number of rotatable bonds is 3. The quantitative estimate of drug-likeness (QED) is 0.844. The van der Waals surface area contributed by atoms with Gasteiger partial charge in [0.25, 0.3) is 0 Å². The van der Waals surface area contributed by atoms with Crippen molar-refractivity contribution in [2.45, 2.75) is 39.2 Å². The molecule has 16 heavy (non-hydrogen) atoms. The minimum Gasteiger partial charge on any atom is -0.489 e. The Morgan fingerprint density at radius 1 is 1.38 bits per heavy atom. The van der Waals surface area contributed by atoms with Gasteiger partial charge >= 0.3 is 0 Å². The highest BCUT2D eigenvalue weighted by atomic mass is 16.5. The maximum Gasteiger partial charge on any atom is 0.123 e. The van der Waals surface area contributed by atoms with Crippen LogP contribution in [0.2, 0.25) is 0 Å². The zero-order chi connectivity index (χ0) is 11.5. The molecule has 1 aliphatic heterocycles. The first-order valence-corrected chi connectivity index (χ1v) is 6.14. The van der Waals surface area contributed by atoms with E-state index in [-0.39, 0.29) is 0 Å². The Kier molecular flexibility index (Phi) is 3.49. The van der Waals surface area contributed by atoms with Crippen molar-refractivity contribution < 1.29 is 4.74 Å². The highest BCUT2D eigenvalue weighted by Crippen LogP contribution is 2.28. The van der Waals surface area contributed by atoms with E-state index in [1.54, 1.807) is 0 Å². The van der Waals surface area contributed by atoms with Gasteiger partial charge in [-0.3, -0.25) is 0 Å². The molecule has 0 aromatic heterocycles. The molecule has 2 nitrogen and oxygen atoms in total. The molecule has 2 heteroatoms. The molecule has 0 bridgehead atoms. The van der Waals surface area contributed by atoms with Crippen LogP contribution in [0, 0.1) is 6.92 Å². The van der Waals surface area contributed by atoms with Gasteiger partial charge < -0.3 is 10.1 Å². The first kappa shape index (κ1) is 11.5. The van der Waals surface area contributed by atoms with E-state index in [0.29, 0.717) is 12.0 Å². The molecule has 2 rings (SSSR count). The fraction of sp³-hybridized carbons (Fsp3) is 0.571. The predicted molar refractivity (Wildman–Crippen MR) is 67.2 cm³/mol. The van der Waals surface area contributed by atoms with Gasteiger partial charge in [0.2, 0.25) is 0 Å². The van der Waals surface area contributed by atoms with Crippen LogP contribution >= 0.6 is 0 Å². The smallest absolute Gasteiger partial charge is 0.123 e. The lowest BCUT2D eigenvalue weighted by atomic mass is 10.0. The lowest BCUT2D eigenvalue weighted by Gasteiger charge is -2.18. The first-order chi connectivity index (χ1) is 7.66. The molecule has 1 fully saturated rings. The van der Waals surface area contributed by atoms with E-state index >= 15 is 0 Å². The molecule has 0 spiro atoms. The number of benzene rings is 1. The fourth-order valence-electron chi connectivity index (χ4n) is 2.13. The van der Waals surface area contributed by atoms with Crippen LogP contribution in [0.25, 0.3) is 0 Å². The zero-order valence-corrected chi connectivity index (χ0v) is 10.4. The topological polar surface area (TPSA) is 21.3 Å². The highest BCUT2D eigenvalue weighted by molar-refractivity contribution is 5.39. The molecular weight excluding hydrogens is 198 g/mol. The molecule has 1 aromatic carbocycles. The normalized spacial score (nSPS) is 20.4. The van der Waals surface area contributed by atoms with E-state index < -0.39 is 0 Å². The molecule has 1 heterocycles. The summed E-state index contributed by atoms with van der Waals surface area (Å²) >= 11 is 0. The van der Waals surface area contributed by atoms with Crippen LogP contribution in [0.5, 0.6) is 5.75 Å². The van der Waals surface area contributed by atoms with Gasteiger partial charge in [-0.05, 0) is 43.0 Å². The molecule has 1 aromatic rings. The number of hydrogen-bond donors (Lipinski definition) is 1. The Morgan fingerprint density at radius 3 is 2.81 bits per heavy atom. The average Bonchev–Trinajstić information content (AvgIpc) is 2.70. The Bertz CT molecular complexity index is 354. The number of aryl methyl sites for hydroxylation is 1. The molecule has 0 aliphatic carbocycles. The lowest BCUT2D eigenvalue weighted by molar-refractivity contribution is 0.220. The Balaban J connectivity index is 2.19. The molecule has 1 N–H and O–H groups in total. The molecule has 1 atom stereocenters. The molecule has 0 saturated carbocycles. The lowest BCUT2D eigenvalue weighted by Crippen LogP contribution is -2.20. The summed E-state index contributed by atoms with van der Waals surface area (Å²) in [6.07, 6.45) is 1.46. The van der Waals surface area contributed by atoms with Gasteiger partial charge in [0, 0.05) is 6.54 Å². The van der Waals surface area contributed by atoms with Crippen LogP contribution in [-0.4, -0.2) is 19.2 Å². The van der Waals surface area contributed by atoms with Crippen molar-refractivity contribution in [3.05, 3.63) is 29.3 Å². The predicted octanol–water partition coefficient (Wildman–Crippen LogP) is 2.86. The monoisotopic (exact) mass is 219 g/mol. The van der Waals surface area contributed by atoms with Gasteiger partial charge in [0.05, 0.1) is 0 Å². The molecular formula is C14H21NO. The van der Waals surface area contributed by atoms with E-state index in [0.717, 1.165) is 25.3 Å². The van der Waals surface area contributed by atoms with Crippen LogP contribution in [0.15, 0.2) is 18.2 Å². The van der Waals surface area contributed by atoms with Crippen LogP contribution in [0.1, 0.15) is 37.3 Å². The SMILES string of the molecule is Cc1ccc(C(C)C)c(OC2CCNC2)c1. The van der Waals surface area contributed by atoms with Gasteiger partial charge in [0.15, 0.2) is 0 Å². The van der Waals surface area contributed by atoms with Crippen molar-refractivity contribution in [1.82, 2.24) is 5.32 Å². The van der Waals surface area contributed by atoms with Crippen molar-refractivity contribution in [3.63, 3.8) is 0 Å². The summed E-state index contributed by atoms with van der Waals surface area (Å²) < 4.78 is 6.09. The van der Waals surface area contributed by atoms with Crippen molar-refractivity contribution in [2.75, 3.05) is 13.1 Å². The minimum atomic E-state index is 0.347. The van der Waals surface area contributed by atoms with Crippen molar-refractivity contribution in [2.24, 2.45) is 0 Å². The van der Waals surface area contributed by atoms with E-state index in [2.05, 4.69) is 44.3 Å². The maximum absolute atomic E-state index is 6.09. The van der Waals surface area contributed by atoms with Crippen molar-refractivity contribution in [1.29, 1.82) is 0 Å². The van der Waals surface area contributed by atoms with Crippen LogP contribution in [0.4, 0.5) is 0 Å². The van der Waals surface area contributed by atoms with Crippen molar-refractivity contribution in [3.8, 4) is 5.75 Å². The van der Waals surface area contributed by atoms with Crippen LogP contribution in [-0.2, 0) is 0 Å². The number of nitrogens with one attached hydrogen (secondary N) is 1. The van der Waals surface area contributed by atoms with E-state index in [9.17, 15) is 0 Å². The third-order valence-corrected chi connectivity index (χ3v) is 3.10. The molecule has 1 unspecified atom stereocenters. The molecule has 0 radical (unpaired) electrons. The van der Waals surface area contributed by atoms with Gasteiger partial charge in [-0.1, -0.05) is 26.0 Å². The number of hydrogen-bond acceptors (Lipinski definition) is 2. The molecule has 1 aliphatic rings. The standard InChI is InChI=1S/C14H21NO/c1-10(2)13-5-4-11(3)8-14(13)16-12-6-7-15-9-12/h4-5,8,10,12,15H,6-7,9H2,1-3H3. The van der Waals surface area contributed by atoms with Gasteiger partial charge in [0.1, 0.15) is 11.9 Å². The summed E-state index contributed by atoms with van der Waals surface area (Å²) in [5, 5.41) is 3.33. The Morgan fingerprint density at radius 2 is 2.19 bits per heavy atom. The van der Waals surface area contributed by atoms with Crippen molar-refractivity contribution >= 4 is 0 Å². The molecule has 1 saturated heterocycles. The summed E-state index contributed by atoms with van der Waals surface area (Å²) in [5.41, 5.74) is 2.59. The summed E-state index contributed by atoms with van der Waals surface area (Å²) in [4.78, 5) is 0. The zero-order valence-electron chi connectivity index (χ0n) is 10.4. The van der Waals surface area contributed by atoms with E-state index in [1.165, 1.54) is 11.1 Å². The van der Waals surface area contributed by atoms with E-state index in [1.807, 2.05) is 0 Å². The summed E-state index contributed by atoms with van der Waals surface area (Å²) in [6, 6.07) is 6.51. The fourth-order valence-corrected chi connectivity index (χ4v) is 2.13. The summed E-state index contributed by atoms with van der Waals surface area (Å²) in [5.74, 6) is 1.59. The number of ether oxygens (including phenoxy) is 1. The average molecular weight is 219 g/mol. The Labute approximate surface area is 98.0 Å². The van der Waals surface area contributed by atoms with Crippen LogP contribution in [0.3, 0.4) is 0 Å². The first-order valence-electron chi connectivity index (χ1n) is 6.14. The van der Waals surface area contributed by atoms with Gasteiger partial charge in [-0.15, -0.1) is 0 Å². The molecule has 0 amide bonds. The van der Waals surface area contributed by atoms with E-state index in [4.69, 9.17) is 4.74 Å².